The lowest BCUT2D eigenvalue weighted by Gasteiger charge is -2.33. The van der Waals surface area contributed by atoms with Gasteiger partial charge in [-0.2, -0.15) is 0 Å². The zero-order chi connectivity index (χ0) is 81.7. The fourth-order valence-electron chi connectivity index (χ4n) is 18.4. The Balaban J connectivity index is 0.000000325. The number of rotatable bonds is 16. The van der Waals surface area contributed by atoms with Crippen LogP contribution in [0.25, 0.3) is 86.2 Å². The number of hydrogen-bond acceptors (Lipinski definition) is 4. The van der Waals surface area contributed by atoms with E-state index < -0.39 is 0 Å². The lowest BCUT2D eigenvalue weighted by molar-refractivity contribution is 0.283. The van der Waals surface area contributed by atoms with Crippen molar-refractivity contribution in [2.75, 3.05) is 0 Å². The molecule has 0 spiro atoms. The molecular weight excluding hydrogens is 1820 g/mol. The van der Waals surface area contributed by atoms with E-state index in [0.29, 0.717) is 129 Å². The van der Waals surface area contributed by atoms with Gasteiger partial charge in [-0.05, 0) is 164 Å². The first kappa shape index (κ1) is 85.0. The minimum atomic E-state index is -0.0696. The summed E-state index contributed by atoms with van der Waals surface area (Å²) in [5, 5.41) is 16.4. The molecule has 0 saturated heterocycles. The summed E-state index contributed by atoms with van der Waals surface area (Å²) >= 11 is 72.7. The number of hydrogen-bond donors (Lipinski definition) is 0. The second kappa shape index (κ2) is 30.8. The summed E-state index contributed by atoms with van der Waals surface area (Å²) in [6.07, 6.45) is 4.03. The molecule has 0 amide bonds. The molecule has 0 atom stereocenters. The highest BCUT2D eigenvalue weighted by atomic mass is 79.9. The van der Waals surface area contributed by atoms with E-state index in [-0.39, 0.29) is 43.3 Å². The standard InChI is InChI=1S/C76H88Cl4O4.C20H4Br4Cl4/c1-69(2,3)41-73(13,14)45-21-29-49(30-22-45)81-57-37-53(77)61-63-55(79)39-59(83-51-33-25-47(26-34-51)75(17,18)43-71(7,8)9)66-60(84-52-35-27-48(28-36-52)76(19,20)44-72(10,11)12)40-56(80)64(68(63)66)62-54(78)38-58(65(57)67(61)62)82-50-31-23-46(24-32-50)74(15,16)42-70(4,5)6;21-5-1-9(25)15-16-10(26)3-7(23)14-8(24)4-12(28)18(20(14)16)17-11(27)2-6(22)13(5)19(15)17/h21-40H,41-44H2,1-20H3;1-4H. The van der Waals surface area contributed by atoms with Gasteiger partial charge < -0.3 is 18.9 Å². The summed E-state index contributed by atoms with van der Waals surface area (Å²) < 4.78 is 31.6. The molecule has 0 radical (unpaired) electrons. The molecular formula is C96H92Br4Cl8O4. The third kappa shape index (κ3) is 17.0. The number of fused-ring (bicyclic) bond motifs is 4. The van der Waals surface area contributed by atoms with E-state index >= 15 is 0 Å². The van der Waals surface area contributed by atoms with Crippen molar-refractivity contribution >= 4 is 243 Å². The molecule has 0 aliphatic rings. The maximum atomic E-state index is 7.77. The van der Waals surface area contributed by atoms with Crippen molar-refractivity contribution in [1.29, 1.82) is 0 Å². The zero-order valence-electron chi connectivity index (χ0n) is 66.9. The molecule has 0 bridgehead atoms. The summed E-state index contributed by atoms with van der Waals surface area (Å²) in [6.45, 7) is 45.7. The Morgan fingerprint density at radius 3 is 0.518 bits per heavy atom. The third-order valence-electron chi connectivity index (χ3n) is 21.2. The van der Waals surface area contributed by atoms with Crippen LogP contribution >= 0.6 is 157 Å². The van der Waals surface area contributed by atoms with E-state index in [1.165, 1.54) is 22.3 Å². The van der Waals surface area contributed by atoms with Gasteiger partial charge in [0, 0.05) is 118 Å². The van der Waals surface area contributed by atoms with Gasteiger partial charge in [0.2, 0.25) is 0 Å². The van der Waals surface area contributed by atoms with Crippen LogP contribution in [0.2, 0.25) is 40.2 Å². The summed E-state index contributed by atoms with van der Waals surface area (Å²) in [7, 11) is 0. The van der Waals surface area contributed by atoms with Crippen molar-refractivity contribution in [3.05, 3.63) is 226 Å². The topological polar surface area (TPSA) is 36.9 Å². The summed E-state index contributed by atoms with van der Waals surface area (Å²) in [5.41, 5.74) is 5.17. The Kier molecular flexibility index (Phi) is 23.4. The van der Waals surface area contributed by atoms with Crippen LogP contribution in [0.1, 0.15) is 186 Å². The monoisotopic (exact) mass is 1900 g/mol. The summed E-state index contributed by atoms with van der Waals surface area (Å²) in [5.74, 6) is 4.46. The quantitative estimate of drug-likeness (QED) is 0.0714. The zero-order valence-corrected chi connectivity index (χ0v) is 79.2. The minimum absolute atomic E-state index is 0.0696. The molecule has 16 heteroatoms. The van der Waals surface area contributed by atoms with Gasteiger partial charge in [0.1, 0.15) is 46.0 Å². The first-order valence-corrected chi connectivity index (χ1v) is 43.8. The van der Waals surface area contributed by atoms with Crippen molar-refractivity contribution in [2.24, 2.45) is 21.7 Å². The Hall–Kier alpha value is -4.88. The molecule has 14 aromatic carbocycles. The molecule has 14 aromatic rings. The van der Waals surface area contributed by atoms with E-state index in [1.807, 2.05) is 97.1 Å². The van der Waals surface area contributed by atoms with Gasteiger partial charge in [-0.3, -0.25) is 0 Å². The SMILES string of the molecule is CC(C)(C)CC(C)(C)c1ccc(Oc2cc(Cl)c3c4c(Cl)cc(Oc5ccc(C(C)(C)CC(C)(C)C)cc5)c5c(Oc6ccc(C(C)(C)CC(C)(C)C)cc6)cc(Cl)c(c6c(Cl)cc(Oc7ccc(C(C)(C)CC(C)(C)C)cc7)c2c36)c54)cc1.Clc1cc(Br)c2c(Br)cc(Cl)c3c4c(Cl)cc(Br)c5c(Br)cc(Cl)c(c1c23)c54. The maximum Gasteiger partial charge on any atom is 0.140 e. The third-order valence-corrected chi connectivity index (χ3v) is 26.1. The maximum absolute atomic E-state index is 7.77. The molecule has 0 aromatic heterocycles. The molecule has 0 saturated carbocycles. The molecule has 112 heavy (non-hydrogen) atoms. The summed E-state index contributed by atoms with van der Waals surface area (Å²) in [6, 6.07) is 48.5. The van der Waals surface area contributed by atoms with E-state index in [4.69, 9.17) is 112 Å². The first-order valence-electron chi connectivity index (χ1n) is 37.6. The fourth-order valence-corrected chi connectivity index (χ4v) is 24.3. The summed E-state index contributed by atoms with van der Waals surface area (Å²) in [4.78, 5) is 0. The van der Waals surface area contributed by atoms with Crippen LogP contribution in [0.3, 0.4) is 0 Å². The molecule has 0 fully saturated rings. The van der Waals surface area contributed by atoms with E-state index in [0.717, 1.165) is 86.7 Å². The van der Waals surface area contributed by atoms with Crippen LogP contribution in [0.4, 0.5) is 0 Å². The number of ether oxygens (including phenoxy) is 4. The lowest BCUT2D eigenvalue weighted by Crippen LogP contribution is -2.24. The smallest absolute Gasteiger partial charge is 0.140 e. The molecule has 0 aliphatic heterocycles. The van der Waals surface area contributed by atoms with E-state index in [2.05, 4.69) is 251 Å². The van der Waals surface area contributed by atoms with Crippen LogP contribution in [0.15, 0.2) is 163 Å². The molecule has 0 aliphatic carbocycles. The average Bonchev–Trinajstić information content (AvgIpc) is 0.693. The van der Waals surface area contributed by atoms with Gasteiger partial charge in [0.05, 0.1) is 51.0 Å². The van der Waals surface area contributed by atoms with Crippen molar-refractivity contribution in [1.82, 2.24) is 0 Å². The van der Waals surface area contributed by atoms with Crippen molar-refractivity contribution in [3.8, 4) is 46.0 Å². The highest BCUT2D eigenvalue weighted by Gasteiger charge is 2.35. The van der Waals surface area contributed by atoms with E-state index in [1.54, 1.807) is 0 Å². The number of halogens is 12. The molecule has 584 valence electrons. The lowest BCUT2D eigenvalue weighted by atomic mass is 9.72. The van der Waals surface area contributed by atoms with Gasteiger partial charge in [0.15, 0.2) is 0 Å². The van der Waals surface area contributed by atoms with Gasteiger partial charge >= 0.3 is 0 Å². The molecule has 14 rings (SSSR count). The van der Waals surface area contributed by atoms with Crippen LogP contribution in [-0.2, 0) is 21.7 Å². The average molecular weight is 1910 g/mol. The predicted octanol–water partition coefficient (Wildman–Crippen LogP) is 37.8. The van der Waals surface area contributed by atoms with Gasteiger partial charge in [0.25, 0.3) is 0 Å². The van der Waals surface area contributed by atoms with Crippen LogP contribution in [0.5, 0.6) is 46.0 Å². The molecule has 0 unspecified atom stereocenters. The minimum Gasteiger partial charge on any atom is -0.457 e. The fraction of sp³-hybridized carbons (Fsp3) is 0.333. The highest BCUT2D eigenvalue weighted by Crippen LogP contribution is 2.60. The van der Waals surface area contributed by atoms with Crippen LogP contribution < -0.4 is 18.9 Å². The Labute approximate surface area is 733 Å². The Morgan fingerprint density at radius 1 is 0.205 bits per heavy atom. The predicted molar refractivity (Wildman–Crippen MR) is 501 cm³/mol. The second-order valence-corrected chi connectivity index (χ2v) is 44.5. The number of benzene rings is 14. The van der Waals surface area contributed by atoms with Gasteiger partial charge in [-0.25, -0.2) is 0 Å². The van der Waals surface area contributed by atoms with Gasteiger partial charge in [-0.15, -0.1) is 0 Å². The van der Waals surface area contributed by atoms with Crippen LogP contribution in [-0.4, -0.2) is 0 Å². The molecule has 4 nitrogen and oxygen atoms in total. The van der Waals surface area contributed by atoms with Crippen LogP contribution in [0, 0.1) is 21.7 Å². The van der Waals surface area contributed by atoms with E-state index in [9.17, 15) is 0 Å². The Morgan fingerprint density at radius 2 is 0.357 bits per heavy atom. The molecule has 0 heterocycles. The van der Waals surface area contributed by atoms with Crippen molar-refractivity contribution < 1.29 is 18.9 Å². The highest BCUT2D eigenvalue weighted by molar-refractivity contribution is 9.11. The van der Waals surface area contributed by atoms with Gasteiger partial charge in [-0.1, -0.05) is 344 Å². The molecule has 0 N–H and O–H groups in total. The normalized spacial score (nSPS) is 13.1. The van der Waals surface area contributed by atoms with Crippen molar-refractivity contribution in [2.45, 2.75) is 186 Å². The first-order chi connectivity index (χ1) is 51.9. The second-order valence-electron chi connectivity index (χ2n) is 37.8. The largest absolute Gasteiger partial charge is 0.457 e. The Bertz CT molecular complexity index is 5320. The van der Waals surface area contributed by atoms with Crippen molar-refractivity contribution in [3.63, 3.8) is 0 Å².